The Morgan fingerprint density at radius 2 is 1.92 bits per heavy atom. The van der Waals surface area contributed by atoms with E-state index in [1.165, 1.54) is 5.56 Å². The standard InChI is InChI=1S/C18H25N3O3/c1-18(2,3)24-17(23)21-9-7-12(8-10-21)13-5-6-14-15(11-13)20(4)16(22)19-14/h5-6,11-12H,7-10H2,1-4H3,(H,19,22). The second-order valence-electron chi connectivity index (χ2n) is 7.51. The van der Waals surface area contributed by atoms with Crippen LogP contribution in [0.25, 0.3) is 11.0 Å². The van der Waals surface area contributed by atoms with Crippen molar-refractivity contribution in [1.29, 1.82) is 0 Å². The van der Waals surface area contributed by atoms with Gasteiger partial charge in [-0.3, -0.25) is 4.57 Å². The molecule has 0 atom stereocenters. The maximum atomic E-state index is 12.1. The summed E-state index contributed by atoms with van der Waals surface area (Å²) in [7, 11) is 1.77. The number of rotatable bonds is 1. The molecule has 0 aliphatic carbocycles. The summed E-state index contributed by atoms with van der Waals surface area (Å²) < 4.78 is 7.07. The summed E-state index contributed by atoms with van der Waals surface area (Å²) >= 11 is 0. The van der Waals surface area contributed by atoms with Gasteiger partial charge in [-0.1, -0.05) is 6.07 Å². The van der Waals surface area contributed by atoms with Crippen LogP contribution in [0.15, 0.2) is 23.0 Å². The molecule has 3 rings (SSSR count). The summed E-state index contributed by atoms with van der Waals surface area (Å²) in [5.41, 5.74) is 2.45. The average Bonchev–Trinajstić information content (AvgIpc) is 2.80. The number of carbonyl (C=O) groups excluding carboxylic acids is 1. The first-order chi connectivity index (χ1) is 11.2. The fourth-order valence-corrected chi connectivity index (χ4v) is 3.22. The lowest BCUT2D eigenvalue weighted by Gasteiger charge is -2.33. The zero-order valence-electron chi connectivity index (χ0n) is 14.8. The quantitative estimate of drug-likeness (QED) is 0.873. The molecule has 1 saturated heterocycles. The van der Waals surface area contributed by atoms with Crippen LogP contribution in [0.3, 0.4) is 0 Å². The largest absolute Gasteiger partial charge is 0.444 e. The minimum atomic E-state index is -0.460. The Morgan fingerprint density at radius 3 is 2.54 bits per heavy atom. The first kappa shape index (κ1) is 16.6. The molecule has 6 nitrogen and oxygen atoms in total. The summed E-state index contributed by atoms with van der Waals surface area (Å²) in [6.45, 7) is 7.05. The molecular formula is C18H25N3O3. The number of hydrogen-bond acceptors (Lipinski definition) is 3. The van der Waals surface area contributed by atoms with E-state index in [1.807, 2.05) is 26.8 Å². The number of imidazole rings is 1. The molecule has 1 amide bonds. The van der Waals surface area contributed by atoms with Gasteiger partial charge in [0.2, 0.25) is 0 Å². The van der Waals surface area contributed by atoms with Crippen LogP contribution in [0.4, 0.5) is 4.79 Å². The number of amides is 1. The number of H-pyrrole nitrogens is 1. The van der Waals surface area contributed by atoms with Crippen molar-refractivity contribution in [2.75, 3.05) is 13.1 Å². The van der Waals surface area contributed by atoms with Crippen molar-refractivity contribution in [2.24, 2.45) is 7.05 Å². The predicted octanol–water partition coefficient (Wildman–Crippen LogP) is 2.98. The predicted molar refractivity (Wildman–Crippen MR) is 93.3 cm³/mol. The number of piperidine rings is 1. The number of aryl methyl sites for hydroxylation is 1. The highest BCUT2D eigenvalue weighted by Gasteiger charge is 2.27. The van der Waals surface area contributed by atoms with Crippen molar-refractivity contribution in [2.45, 2.75) is 45.1 Å². The van der Waals surface area contributed by atoms with Crippen molar-refractivity contribution in [1.82, 2.24) is 14.5 Å². The van der Waals surface area contributed by atoms with Gasteiger partial charge >= 0.3 is 11.8 Å². The van der Waals surface area contributed by atoms with E-state index < -0.39 is 5.60 Å². The van der Waals surface area contributed by atoms with Crippen LogP contribution in [0.5, 0.6) is 0 Å². The van der Waals surface area contributed by atoms with Gasteiger partial charge in [-0.15, -0.1) is 0 Å². The van der Waals surface area contributed by atoms with Crippen molar-refractivity contribution in [3.63, 3.8) is 0 Å². The summed E-state index contributed by atoms with van der Waals surface area (Å²) in [5.74, 6) is 0.401. The van der Waals surface area contributed by atoms with Crippen LogP contribution < -0.4 is 5.69 Å². The molecule has 6 heteroatoms. The molecule has 0 spiro atoms. The Hall–Kier alpha value is -2.24. The van der Waals surface area contributed by atoms with Gasteiger partial charge < -0.3 is 14.6 Å². The van der Waals surface area contributed by atoms with E-state index in [-0.39, 0.29) is 11.8 Å². The van der Waals surface area contributed by atoms with E-state index in [0.717, 1.165) is 23.9 Å². The number of nitrogens with one attached hydrogen (secondary N) is 1. The van der Waals surface area contributed by atoms with Gasteiger partial charge in [0, 0.05) is 20.1 Å². The molecule has 130 valence electrons. The fourth-order valence-electron chi connectivity index (χ4n) is 3.22. The minimum Gasteiger partial charge on any atom is -0.444 e. The molecule has 1 aliphatic heterocycles. The molecule has 0 radical (unpaired) electrons. The highest BCUT2D eigenvalue weighted by Crippen LogP contribution is 2.30. The van der Waals surface area contributed by atoms with Gasteiger partial charge in [-0.05, 0) is 57.2 Å². The molecule has 1 fully saturated rings. The summed E-state index contributed by atoms with van der Waals surface area (Å²) in [4.78, 5) is 28.5. The van der Waals surface area contributed by atoms with Gasteiger partial charge in [0.25, 0.3) is 0 Å². The van der Waals surface area contributed by atoms with Gasteiger partial charge in [-0.2, -0.15) is 0 Å². The average molecular weight is 331 g/mol. The fraction of sp³-hybridized carbons (Fsp3) is 0.556. The molecule has 1 aromatic heterocycles. The molecule has 1 aliphatic rings. The summed E-state index contributed by atoms with van der Waals surface area (Å²) in [6, 6.07) is 6.12. The molecule has 0 saturated carbocycles. The van der Waals surface area contributed by atoms with E-state index >= 15 is 0 Å². The zero-order valence-corrected chi connectivity index (χ0v) is 14.8. The number of aromatic nitrogens is 2. The number of hydrogen-bond donors (Lipinski definition) is 1. The maximum Gasteiger partial charge on any atom is 0.410 e. The second-order valence-corrected chi connectivity index (χ2v) is 7.51. The lowest BCUT2D eigenvalue weighted by Crippen LogP contribution is -2.41. The van der Waals surface area contributed by atoms with Gasteiger partial charge in [0.1, 0.15) is 5.60 Å². The van der Waals surface area contributed by atoms with Crippen LogP contribution in [0, 0.1) is 0 Å². The molecule has 1 N–H and O–H groups in total. The van der Waals surface area contributed by atoms with Gasteiger partial charge in [0.05, 0.1) is 11.0 Å². The topological polar surface area (TPSA) is 67.3 Å². The molecule has 2 heterocycles. The third-order valence-electron chi connectivity index (χ3n) is 4.55. The number of likely N-dealkylation sites (tertiary alicyclic amines) is 1. The van der Waals surface area contributed by atoms with Crippen LogP contribution >= 0.6 is 0 Å². The summed E-state index contributed by atoms with van der Waals surface area (Å²) in [5, 5.41) is 0. The zero-order chi connectivity index (χ0) is 17.5. The van der Waals surface area contributed by atoms with Crippen LogP contribution in [-0.4, -0.2) is 39.2 Å². The Balaban J connectivity index is 1.69. The van der Waals surface area contributed by atoms with E-state index in [0.29, 0.717) is 19.0 Å². The smallest absolute Gasteiger partial charge is 0.410 e. The SMILES string of the molecule is Cn1c(=O)[nH]c2ccc(C3CCN(C(=O)OC(C)(C)C)CC3)cc21. The van der Waals surface area contributed by atoms with Gasteiger partial charge in [0.15, 0.2) is 0 Å². The van der Waals surface area contributed by atoms with E-state index in [9.17, 15) is 9.59 Å². The molecular weight excluding hydrogens is 306 g/mol. The van der Waals surface area contributed by atoms with Crippen molar-refractivity contribution in [3.05, 3.63) is 34.2 Å². The molecule has 2 aromatic rings. The number of carbonyl (C=O) groups is 1. The Kier molecular flexibility index (Phi) is 4.15. The maximum absolute atomic E-state index is 12.1. The Labute approximate surface area is 141 Å². The van der Waals surface area contributed by atoms with Crippen molar-refractivity contribution < 1.29 is 9.53 Å². The second kappa shape index (κ2) is 6.00. The normalized spacial score (nSPS) is 16.6. The van der Waals surface area contributed by atoms with Gasteiger partial charge in [-0.25, -0.2) is 9.59 Å². The minimum absolute atomic E-state index is 0.0955. The van der Waals surface area contributed by atoms with Crippen molar-refractivity contribution >= 4 is 17.1 Å². The highest BCUT2D eigenvalue weighted by atomic mass is 16.6. The van der Waals surface area contributed by atoms with Crippen molar-refractivity contribution in [3.8, 4) is 0 Å². The first-order valence-electron chi connectivity index (χ1n) is 8.41. The van der Waals surface area contributed by atoms with E-state index in [1.54, 1.807) is 16.5 Å². The van der Waals surface area contributed by atoms with Crippen LogP contribution in [0.2, 0.25) is 0 Å². The number of ether oxygens (including phenoxy) is 1. The summed E-state index contributed by atoms with van der Waals surface area (Å²) in [6.07, 6.45) is 1.58. The molecule has 0 unspecified atom stereocenters. The highest BCUT2D eigenvalue weighted by molar-refractivity contribution is 5.76. The first-order valence-corrected chi connectivity index (χ1v) is 8.41. The Bertz CT molecular complexity index is 805. The van der Waals surface area contributed by atoms with E-state index in [4.69, 9.17) is 4.74 Å². The lowest BCUT2D eigenvalue weighted by atomic mass is 9.89. The molecule has 0 bridgehead atoms. The molecule has 24 heavy (non-hydrogen) atoms. The monoisotopic (exact) mass is 331 g/mol. The molecule has 1 aromatic carbocycles. The van der Waals surface area contributed by atoms with Crippen LogP contribution in [0.1, 0.15) is 45.1 Å². The van der Waals surface area contributed by atoms with E-state index in [2.05, 4.69) is 17.1 Å². The third kappa shape index (κ3) is 3.32. The number of aromatic amines is 1. The third-order valence-corrected chi connectivity index (χ3v) is 4.55. The number of benzene rings is 1. The number of fused-ring (bicyclic) bond motifs is 1. The number of nitrogens with zero attached hydrogens (tertiary/aromatic N) is 2. The Morgan fingerprint density at radius 1 is 1.25 bits per heavy atom. The lowest BCUT2D eigenvalue weighted by molar-refractivity contribution is 0.0205. The van der Waals surface area contributed by atoms with Crippen LogP contribution in [-0.2, 0) is 11.8 Å².